The third-order valence-corrected chi connectivity index (χ3v) is 1.99. The van der Waals surface area contributed by atoms with E-state index in [9.17, 15) is 0 Å². The molecular formula is C12H17NO. The Hall–Kier alpha value is -1.12. The van der Waals surface area contributed by atoms with Crippen LogP contribution in [0, 0.1) is 0 Å². The SMILES string of the molecule is C=CCCOCc1ccc(CN)cc1. The standard InChI is InChI=1S/C12H17NO/c1-2-3-8-14-10-12-6-4-11(9-13)5-7-12/h2,4-7H,1,3,8-10,13H2. The van der Waals surface area contributed by atoms with Crippen molar-refractivity contribution in [1.82, 2.24) is 0 Å². The van der Waals surface area contributed by atoms with Crippen molar-refractivity contribution in [1.29, 1.82) is 0 Å². The number of hydrogen-bond donors (Lipinski definition) is 1. The van der Waals surface area contributed by atoms with Crippen LogP contribution >= 0.6 is 0 Å². The predicted octanol–water partition coefficient (Wildman–Crippen LogP) is 2.24. The normalized spacial score (nSPS) is 10.1. The molecule has 2 heteroatoms. The first-order chi connectivity index (χ1) is 6.86. The topological polar surface area (TPSA) is 35.2 Å². The molecule has 14 heavy (non-hydrogen) atoms. The van der Waals surface area contributed by atoms with Crippen LogP contribution in [0.25, 0.3) is 0 Å². The van der Waals surface area contributed by atoms with E-state index < -0.39 is 0 Å². The number of benzene rings is 1. The van der Waals surface area contributed by atoms with E-state index in [0.29, 0.717) is 13.2 Å². The van der Waals surface area contributed by atoms with Crippen molar-refractivity contribution in [3.8, 4) is 0 Å². The summed E-state index contributed by atoms with van der Waals surface area (Å²) in [5.41, 5.74) is 7.84. The van der Waals surface area contributed by atoms with Gasteiger partial charge in [0.25, 0.3) is 0 Å². The van der Waals surface area contributed by atoms with Gasteiger partial charge in [-0.25, -0.2) is 0 Å². The van der Waals surface area contributed by atoms with E-state index in [1.807, 2.05) is 18.2 Å². The van der Waals surface area contributed by atoms with Gasteiger partial charge in [-0.05, 0) is 17.5 Å². The first-order valence-electron chi connectivity index (χ1n) is 4.83. The van der Waals surface area contributed by atoms with E-state index in [4.69, 9.17) is 10.5 Å². The van der Waals surface area contributed by atoms with Crippen molar-refractivity contribution < 1.29 is 4.74 Å². The van der Waals surface area contributed by atoms with Gasteiger partial charge in [-0.3, -0.25) is 0 Å². The maximum absolute atomic E-state index is 5.50. The Morgan fingerprint density at radius 3 is 2.43 bits per heavy atom. The molecule has 0 amide bonds. The highest BCUT2D eigenvalue weighted by Gasteiger charge is 1.93. The van der Waals surface area contributed by atoms with Crippen molar-refractivity contribution in [3.05, 3.63) is 48.0 Å². The Morgan fingerprint density at radius 2 is 1.86 bits per heavy atom. The molecule has 0 atom stereocenters. The smallest absolute Gasteiger partial charge is 0.0717 e. The van der Waals surface area contributed by atoms with Gasteiger partial charge in [0.15, 0.2) is 0 Å². The highest BCUT2D eigenvalue weighted by molar-refractivity contribution is 5.21. The largest absolute Gasteiger partial charge is 0.376 e. The van der Waals surface area contributed by atoms with Crippen LogP contribution in [0.3, 0.4) is 0 Å². The number of hydrogen-bond acceptors (Lipinski definition) is 2. The molecule has 0 bridgehead atoms. The Kier molecular flexibility index (Phi) is 4.97. The van der Waals surface area contributed by atoms with Crippen molar-refractivity contribution >= 4 is 0 Å². The first kappa shape index (κ1) is 11.0. The van der Waals surface area contributed by atoms with Gasteiger partial charge in [0.2, 0.25) is 0 Å². The molecule has 2 nitrogen and oxygen atoms in total. The summed E-state index contributed by atoms with van der Waals surface area (Å²) in [6.07, 6.45) is 2.76. The maximum Gasteiger partial charge on any atom is 0.0717 e. The molecule has 0 saturated heterocycles. The highest BCUT2D eigenvalue weighted by Crippen LogP contribution is 2.05. The van der Waals surface area contributed by atoms with E-state index in [0.717, 1.165) is 18.6 Å². The Labute approximate surface area is 85.4 Å². The lowest BCUT2D eigenvalue weighted by atomic mass is 10.1. The molecular weight excluding hydrogens is 174 g/mol. The van der Waals surface area contributed by atoms with Crippen LogP contribution in [0.15, 0.2) is 36.9 Å². The van der Waals surface area contributed by atoms with E-state index in [1.54, 1.807) is 0 Å². The van der Waals surface area contributed by atoms with Crippen molar-refractivity contribution in [3.63, 3.8) is 0 Å². The van der Waals surface area contributed by atoms with Crippen LogP contribution in [0.5, 0.6) is 0 Å². The van der Waals surface area contributed by atoms with Crippen molar-refractivity contribution in [2.75, 3.05) is 6.61 Å². The summed E-state index contributed by atoms with van der Waals surface area (Å²) in [5, 5.41) is 0. The second kappa shape index (κ2) is 6.35. The molecule has 1 rings (SSSR count). The summed E-state index contributed by atoms with van der Waals surface area (Å²) < 4.78 is 5.43. The van der Waals surface area contributed by atoms with E-state index in [2.05, 4.69) is 18.7 Å². The van der Waals surface area contributed by atoms with Gasteiger partial charge in [-0.15, -0.1) is 6.58 Å². The summed E-state index contributed by atoms with van der Waals surface area (Å²) in [5.74, 6) is 0. The van der Waals surface area contributed by atoms with Gasteiger partial charge in [0, 0.05) is 6.54 Å². The molecule has 0 saturated carbocycles. The summed E-state index contributed by atoms with van der Waals surface area (Å²) in [6, 6.07) is 8.17. The molecule has 2 N–H and O–H groups in total. The number of rotatable bonds is 6. The van der Waals surface area contributed by atoms with Gasteiger partial charge in [-0.1, -0.05) is 30.3 Å². The van der Waals surface area contributed by atoms with Crippen LogP contribution in [-0.4, -0.2) is 6.61 Å². The molecule has 76 valence electrons. The summed E-state index contributed by atoms with van der Waals surface area (Å²) >= 11 is 0. The molecule has 0 aliphatic carbocycles. The van der Waals surface area contributed by atoms with Crippen LogP contribution in [0.2, 0.25) is 0 Å². The molecule has 0 aromatic heterocycles. The molecule has 1 aromatic carbocycles. The van der Waals surface area contributed by atoms with Crippen molar-refractivity contribution in [2.24, 2.45) is 5.73 Å². The molecule has 1 aromatic rings. The van der Waals surface area contributed by atoms with Crippen LogP contribution in [0.1, 0.15) is 17.5 Å². The molecule has 0 radical (unpaired) electrons. The average Bonchev–Trinajstić information content (AvgIpc) is 2.25. The maximum atomic E-state index is 5.50. The number of ether oxygens (including phenoxy) is 1. The monoisotopic (exact) mass is 191 g/mol. The zero-order valence-electron chi connectivity index (χ0n) is 8.41. The molecule has 0 unspecified atom stereocenters. The summed E-state index contributed by atoms with van der Waals surface area (Å²) in [6.45, 7) is 5.63. The second-order valence-corrected chi connectivity index (χ2v) is 3.15. The fraction of sp³-hybridized carbons (Fsp3) is 0.333. The van der Waals surface area contributed by atoms with Crippen molar-refractivity contribution in [2.45, 2.75) is 19.6 Å². The van der Waals surface area contributed by atoms with E-state index in [1.165, 1.54) is 5.56 Å². The Balaban J connectivity index is 2.32. The van der Waals surface area contributed by atoms with Gasteiger partial charge in [0.1, 0.15) is 0 Å². The van der Waals surface area contributed by atoms with Gasteiger partial charge >= 0.3 is 0 Å². The van der Waals surface area contributed by atoms with Crippen LogP contribution < -0.4 is 5.73 Å². The number of nitrogens with two attached hydrogens (primary N) is 1. The minimum absolute atomic E-state index is 0.595. The average molecular weight is 191 g/mol. The molecule has 0 aliphatic heterocycles. The predicted molar refractivity (Wildman–Crippen MR) is 58.8 cm³/mol. The lowest BCUT2D eigenvalue weighted by Gasteiger charge is -2.03. The molecule has 0 aliphatic rings. The third-order valence-electron chi connectivity index (χ3n) is 1.99. The molecule has 0 heterocycles. The zero-order chi connectivity index (χ0) is 10.2. The minimum atomic E-state index is 0.595. The quantitative estimate of drug-likeness (QED) is 0.553. The lowest BCUT2D eigenvalue weighted by molar-refractivity contribution is 0.125. The summed E-state index contributed by atoms with van der Waals surface area (Å²) in [7, 11) is 0. The molecule has 0 spiro atoms. The van der Waals surface area contributed by atoms with Crippen LogP contribution in [0.4, 0.5) is 0 Å². The second-order valence-electron chi connectivity index (χ2n) is 3.15. The lowest BCUT2D eigenvalue weighted by Crippen LogP contribution is -1.97. The Bertz CT molecular complexity index is 266. The summed E-state index contributed by atoms with van der Waals surface area (Å²) in [4.78, 5) is 0. The minimum Gasteiger partial charge on any atom is -0.376 e. The van der Waals surface area contributed by atoms with Gasteiger partial charge in [-0.2, -0.15) is 0 Å². The van der Waals surface area contributed by atoms with Crippen LogP contribution in [-0.2, 0) is 17.9 Å². The zero-order valence-corrected chi connectivity index (χ0v) is 8.41. The first-order valence-corrected chi connectivity index (χ1v) is 4.83. The fourth-order valence-electron chi connectivity index (χ4n) is 1.13. The van der Waals surface area contributed by atoms with E-state index in [-0.39, 0.29) is 0 Å². The van der Waals surface area contributed by atoms with Gasteiger partial charge < -0.3 is 10.5 Å². The Morgan fingerprint density at radius 1 is 1.21 bits per heavy atom. The fourth-order valence-corrected chi connectivity index (χ4v) is 1.13. The third kappa shape index (κ3) is 3.73. The highest BCUT2D eigenvalue weighted by atomic mass is 16.5. The molecule has 0 fully saturated rings. The van der Waals surface area contributed by atoms with Gasteiger partial charge in [0.05, 0.1) is 13.2 Å². The van der Waals surface area contributed by atoms with E-state index >= 15 is 0 Å².